The molecule has 1 aliphatic rings. The van der Waals surface area contributed by atoms with Crippen LogP contribution in [-0.2, 0) is 16.5 Å². The minimum Gasteiger partial charge on any atom is -0.425 e. The van der Waals surface area contributed by atoms with Gasteiger partial charge in [0.1, 0.15) is 0 Å². The van der Waals surface area contributed by atoms with Gasteiger partial charge < -0.3 is 16.5 Å². The first-order chi connectivity index (χ1) is 9.19. The first-order valence-electron chi connectivity index (χ1n) is 7.74. The van der Waals surface area contributed by atoms with Crippen molar-refractivity contribution in [2.24, 2.45) is 0 Å². The molecule has 1 saturated heterocycles. The third-order valence-electron chi connectivity index (χ3n) is 4.27. The van der Waals surface area contributed by atoms with E-state index >= 15 is 0 Å². The molecule has 1 heterocycles. The summed E-state index contributed by atoms with van der Waals surface area (Å²) >= 11 is 0. The van der Waals surface area contributed by atoms with Gasteiger partial charge in [-0.25, -0.2) is 0 Å². The van der Waals surface area contributed by atoms with Crippen molar-refractivity contribution in [2.75, 3.05) is 0 Å². The largest absolute Gasteiger partial charge is 0.425 e. The minimum absolute atomic E-state index is 0.423. The van der Waals surface area contributed by atoms with E-state index in [-0.39, 0.29) is 0 Å². The zero-order valence-electron chi connectivity index (χ0n) is 14.4. The highest BCUT2D eigenvalue weighted by Crippen LogP contribution is 2.44. The number of hydrogen-bond donors (Lipinski definition) is 0. The molecule has 8 heteroatoms. The molecule has 0 aromatic carbocycles. The van der Waals surface area contributed by atoms with Crippen LogP contribution in [0.5, 0.6) is 0 Å². The van der Waals surface area contributed by atoms with Crippen molar-refractivity contribution in [2.45, 2.75) is 77.6 Å². The lowest BCUT2D eigenvalue weighted by Gasteiger charge is -2.49. The fourth-order valence-electron chi connectivity index (χ4n) is 3.08. The van der Waals surface area contributed by atoms with Gasteiger partial charge in [0.2, 0.25) is 0 Å². The summed E-state index contributed by atoms with van der Waals surface area (Å²) in [5.74, 6) is 0. The molecule has 0 aliphatic carbocycles. The van der Waals surface area contributed by atoms with Crippen molar-refractivity contribution in [3.63, 3.8) is 0 Å². The molecular weight excluding hydrogens is 320 g/mol. The fraction of sp³-hybridized carbons (Fsp3) is 1.00. The van der Waals surface area contributed by atoms with Gasteiger partial charge in [-0.05, 0) is 22.2 Å². The summed E-state index contributed by atoms with van der Waals surface area (Å²) in [5.41, 5.74) is 1.69. The van der Waals surface area contributed by atoms with E-state index < -0.39 is 37.1 Å². The summed E-state index contributed by atoms with van der Waals surface area (Å²) in [6.45, 7) is 17.9. The molecule has 20 heavy (non-hydrogen) atoms. The normalized spacial score (nSPS) is 25.8. The predicted molar refractivity (Wildman–Crippen MR) is 93.3 cm³/mol. The van der Waals surface area contributed by atoms with Crippen LogP contribution in [0.2, 0.25) is 22.2 Å². The van der Waals surface area contributed by atoms with Crippen LogP contribution in [-0.4, -0.2) is 37.1 Å². The summed E-state index contributed by atoms with van der Waals surface area (Å²) < 4.78 is 25.5. The first kappa shape index (κ1) is 18.8. The summed E-state index contributed by atoms with van der Waals surface area (Å²) in [6, 6.07) is 0. The third-order valence-corrected chi connectivity index (χ3v) is 19.1. The maximum Gasteiger partial charge on any atom is 0.325 e. The van der Waals surface area contributed by atoms with Crippen LogP contribution >= 0.6 is 0 Å². The lowest BCUT2D eigenvalue weighted by molar-refractivity contribution is 0.239. The highest BCUT2D eigenvalue weighted by molar-refractivity contribution is 6.87. The standard InChI is InChI=1S/C12H32O4Si4/c1-9(2)19(10(3)4)14-17-13-18-15-20(16-19,11(5)6)12(7)8/h9-12H,17-18H2,1-8H3. The average molecular weight is 353 g/mol. The van der Waals surface area contributed by atoms with Gasteiger partial charge in [0.25, 0.3) is 20.0 Å². The van der Waals surface area contributed by atoms with Crippen molar-refractivity contribution in [3.05, 3.63) is 0 Å². The highest BCUT2D eigenvalue weighted by atomic mass is 28.5. The van der Waals surface area contributed by atoms with Gasteiger partial charge >= 0.3 is 17.1 Å². The Balaban J connectivity index is 3.24. The quantitative estimate of drug-likeness (QED) is 0.729. The van der Waals surface area contributed by atoms with Crippen LogP contribution in [0, 0.1) is 0 Å². The Hall–Kier alpha value is 0.708. The van der Waals surface area contributed by atoms with E-state index in [1.807, 2.05) is 0 Å². The molecule has 0 radical (unpaired) electrons. The van der Waals surface area contributed by atoms with E-state index in [0.717, 1.165) is 0 Å². The van der Waals surface area contributed by atoms with Crippen LogP contribution in [0.25, 0.3) is 0 Å². The second-order valence-electron chi connectivity index (χ2n) is 6.89. The Morgan fingerprint density at radius 1 is 0.600 bits per heavy atom. The van der Waals surface area contributed by atoms with E-state index in [1.54, 1.807) is 0 Å². The van der Waals surface area contributed by atoms with Crippen LogP contribution in [0.3, 0.4) is 0 Å². The van der Waals surface area contributed by atoms with Crippen molar-refractivity contribution in [1.82, 2.24) is 0 Å². The van der Waals surface area contributed by atoms with Crippen molar-refractivity contribution < 1.29 is 16.5 Å². The molecule has 0 amide bonds. The monoisotopic (exact) mass is 352 g/mol. The van der Waals surface area contributed by atoms with Gasteiger partial charge in [-0.1, -0.05) is 55.4 Å². The molecule has 1 aliphatic heterocycles. The Bertz CT molecular complexity index is 266. The highest BCUT2D eigenvalue weighted by Gasteiger charge is 2.56. The molecular formula is C12H32O4Si4. The first-order valence-corrected chi connectivity index (χ1v) is 14.0. The van der Waals surface area contributed by atoms with Crippen LogP contribution < -0.4 is 0 Å². The van der Waals surface area contributed by atoms with Crippen molar-refractivity contribution in [3.8, 4) is 0 Å². The molecule has 0 saturated carbocycles. The molecule has 0 N–H and O–H groups in total. The topological polar surface area (TPSA) is 36.9 Å². The van der Waals surface area contributed by atoms with Crippen molar-refractivity contribution in [1.29, 1.82) is 0 Å². The number of rotatable bonds is 4. The Labute approximate surface area is 131 Å². The SMILES string of the molecule is CC(C)[Si]1(C(C)C)O[SiH2]O[SiH2]O[Si](C(C)C)(C(C)C)O1. The lowest BCUT2D eigenvalue weighted by Crippen LogP contribution is -2.63. The van der Waals surface area contributed by atoms with Crippen molar-refractivity contribution >= 4 is 37.1 Å². The average Bonchev–Trinajstić information content (AvgIpc) is 2.27. The van der Waals surface area contributed by atoms with Crippen LogP contribution in [0.1, 0.15) is 55.4 Å². The Kier molecular flexibility index (Phi) is 6.86. The summed E-state index contributed by atoms with van der Waals surface area (Å²) in [7, 11) is -6.45. The molecule has 120 valence electrons. The summed E-state index contributed by atoms with van der Waals surface area (Å²) in [5, 5.41) is 0. The fourth-order valence-corrected chi connectivity index (χ4v) is 22.3. The van der Waals surface area contributed by atoms with E-state index in [2.05, 4.69) is 55.4 Å². The molecule has 0 aromatic rings. The smallest absolute Gasteiger partial charge is 0.325 e. The minimum atomic E-state index is -2.29. The molecule has 1 fully saturated rings. The van der Waals surface area contributed by atoms with E-state index in [0.29, 0.717) is 22.2 Å². The van der Waals surface area contributed by atoms with E-state index in [4.69, 9.17) is 16.5 Å². The number of hydrogen-bond acceptors (Lipinski definition) is 4. The zero-order chi connectivity index (χ0) is 15.6. The Morgan fingerprint density at radius 2 is 0.900 bits per heavy atom. The van der Waals surface area contributed by atoms with Crippen LogP contribution in [0.4, 0.5) is 0 Å². The van der Waals surface area contributed by atoms with Gasteiger partial charge in [0.05, 0.1) is 0 Å². The molecule has 0 unspecified atom stereocenters. The van der Waals surface area contributed by atoms with Gasteiger partial charge in [0.15, 0.2) is 0 Å². The van der Waals surface area contributed by atoms with Gasteiger partial charge in [-0.15, -0.1) is 0 Å². The molecule has 0 spiro atoms. The predicted octanol–water partition coefficient (Wildman–Crippen LogP) is 2.59. The molecule has 0 atom stereocenters. The molecule has 0 aromatic heterocycles. The summed E-state index contributed by atoms with van der Waals surface area (Å²) in [4.78, 5) is 0. The summed E-state index contributed by atoms with van der Waals surface area (Å²) in [6.07, 6.45) is 0. The maximum atomic E-state index is 6.94. The zero-order valence-corrected chi connectivity index (χ0v) is 19.2. The molecule has 1 rings (SSSR count). The van der Waals surface area contributed by atoms with Gasteiger partial charge in [-0.2, -0.15) is 0 Å². The molecule has 4 nitrogen and oxygen atoms in total. The third kappa shape index (κ3) is 3.54. The van der Waals surface area contributed by atoms with Gasteiger partial charge in [0, 0.05) is 0 Å². The molecule has 0 bridgehead atoms. The van der Waals surface area contributed by atoms with E-state index in [1.165, 1.54) is 0 Å². The second-order valence-corrected chi connectivity index (χ2v) is 19.6. The van der Waals surface area contributed by atoms with Crippen LogP contribution in [0.15, 0.2) is 0 Å². The maximum absolute atomic E-state index is 6.94. The second kappa shape index (κ2) is 7.31. The Morgan fingerprint density at radius 3 is 1.15 bits per heavy atom. The van der Waals surface area contributed by atoms with Gasteiger partial charge in [-0.3, -0.25) is 0 Å². The van der Waals surface area contributed by atoms with E-state index in [9.17, 15) is 0 Å². The lowest BCUT2D eigenvalue weighted by atomic mass is 10.5.